The Bertz CT molecular complexity index is 568. The van der Waals surface area contributed by atoms with Gasteiger partial charge in [0.25, 0.3) is 5.91 Å². The minimum atomic E-state index is -3.37. The Labute approximate surface area is 123 Å². The largest absolute Gasteiger partial charge is 0.349 e. The Morgan fingerprint density at radius 3 is 2.45 bits per heavy atom. The molecule has 0 saturated heterocycles. The van der Waals surface area contributed by atoms with Gasteiger partial charge in [-0.15, -0.1) is 11.6 Å². The number of hydrogen-bond donors (Lipinski definition) is 2. The van der Waals surface area contributed by atoms with E-state index in [0.29, 0.717) is 29.6 Å². The van der Waals surface area contributed by atoms with Crippen LogP contribution < -0.4 is 10.0 Å². The average Bonchev–Trinajstić information content (AvgIpc) is 3.21. The normalized spacial score (nSPS) is 14.8. The zero-order chi connectivity index (χ0) is 14.6. The van der Waals surface area contributed by atoms with E-state index < -0.39 is 10.0 Å². The standard InChI is InChI=1S/C13H17ClN2O3S/c14-8-1-9-20(18,19)16-12-4-2-10(3-5-12)13(17)15-11-6-7-11/h2-5,11,16H,1,6-9H2,(H,15,17). The molecule has 0 aliphatic heterocycles. The molecule has 1 fully saturated rings. The highest BCUT2D eigenvalue weighted by molar-refractivity contribution is 7.92. The van der Waals surface area contributed by atoms with Gasteiger partial charge in [0.05, 0.1) is 5.75 Å². The quantitative estimate of drug-likeness (QED) is 0.755. The molecule has 0 bridgehead atoms. The van der Waals surface area contributed by atoms with E-state index in [0.717, 1.165) is 12.8 Å². The second-order valence-corrected chi connectivity index (χ2v) is 7.01. The molecule has 1 aliphatic carbocycles. The molecular weight excluding hydrogens is 300 g/mol. The Hall–Kier alpha value is -1.27. The Kier molecular flexibility index (Phi) is 4.88. The van der Waals surface area contributed by atoms with Crippen LogP contribution in [-0.4, -0.2) is 32.0 Å². The van der Waals surface area contributed by atoms with E-state index in [1.165, 1.54) is 0 Å². The summed E-state index contributed by atoms with van der Waals surface area (Å²) < 4.78 is 25.8. The fourth-order valence-electron chi connectivity index (χ4n) is 1.66. The van der Waals surface area contributed by atoms with Crippen molar-refractivity contribution in [1.82, 2.24) is 5.32 Å². The minimum absolute atomic E-state index is 0.0135. The molecule has 110 valence electrons. The molecule has 0 radical (unpaired) electrons. The van der Waals surface area contributed by atoms with Gasteiger partial charge in [-0.05, 0) is 43.5 Å². The first-order chi connectivity index (χ1) is 9.50. The van der Waals surface area contributed by atoms with Crippen LogP contribution in [0.2, 0.25) is 0 Å². The van der Waals surface area contributed by atoms with Crippen LogP contribution >= 0.6 is 11.6 Å². The predicted molar refractivity (Wildman–Crippen MR) is 79.7 cm³/mol. The van der Waals surface area contributed by atoms with Crippen molar-refractivity contribution in [1.29, 1.82) is 0 Å². The summed E-state index contributed by atoms with van der Waals surface area (Å²) in [5.74, 6) is 0.172. The second-order valence-electron chi connectivity index (χ2n) is 4.79. The maximum Gasteiger partial charge on any atom is 0.251 e. The molecule has 5 nitrogen and oxygen atoms in total. The van der Waals surface area contributed by atoms with E-state index in [2.05, 4.69) is 10.0 Å². The monoisotopic (exact) mass is 316 g/mol. The van der Waals surface area contributed by atoms with Crippen molar-refractivity contribution in [3.05, 3.63) is 29.8 Å². The number of nitrogens with one attached hydrogen (secondary N) is 2. The number of benzene rings is 1. The molecule has 1 saturated carbocycles. The molecule has 7 heteroatoms. The van der Waals surface area contributed by atoms with Gasteiger partial charge in [0.1, 0.15) is 0 Å². The fourth-order valence-corrected chi connectivity index (χ4v) is 3.07. The summed E-state index contributed by atoms with van der Waals surface area (Å²) in [7, 11) is -3.37. The van der Waals surface area contributed by atoms with E-state index in [-0.39, 0.29) is 11.7 Å². The molecule has 0 aromatic heterocycles. The predicted octanol–water partition coefficient (Wildman–Crippen LogP) is 1.95. The fraction of sp³-hybridized carbons (Fsp3) is 0.462. The van der Waals surface area contributed by atoms with Gasteiger partial charge in [-0.1, -0.05) is 0 Å². The molecule has 1 amide bonds. The van der Waals surface area contributed by atoms with Crippen molar-refractivity contribution in [3.63, 3.8) is 0 Å². The summed E-state index contributed by atoms with van der Waals surface area (Å²) in [4.78, 5) is 11.8. The number of alkyl halides is 1. The van der Waals surface area contributed by atoms with Crippen molar-refractivity contribution in [3.8, 4) is 0 Å². The average molecular weight is 317 g/mol. The lowest BCUT2D eigenvalue weighted by atomic mass is 10.2. The number of rotatable bonds is 7. The zero-order valence-corrected chi connectivity index (χ0v) is 12.5. The topological polar surface area (TPSA) is 75.3 Å². The van der Waals surface area contributed by atoms with Crippen molar-refractivity contribution < 1.29 is 13.2 Å². The summed E-state index contributed by atoms with van der Waals surface area (Å²) in [5, 5.41) is 2.87. The van der Waals surface area contributed by atoms with Crippen molar-refractivity contribution in [2.75, 3.05) is 16.4 Å². The lowest BCUT2D eigenvalue weighted by Gasteiger charge is -2.08. The summed E-state index contributed by atoms with van der Waals surface area (Å²) in [6.07, 6.45) is 2.47. The van der Waals surface area contributed by atoms with Crippen LogP contribution in [-0.2, 0) is 10.0 Å². The second kappa shape index (κ2) is 6.45. The summed E-state index contributed by atoms with van der Waals surface area (Å²) >= 11 is 5.48. The van der Waals surface area contributed by atoms with Gasteiger partial charge in [0.15, 0.2) is 0 Å². The van der Waals surface area contributed by atoms with Gasteiger partial charge >= 0.3 is 0 Å². The molecule has 0 heterocycles. The molecule has 2 rings (SSSR count). The molecule has 0 spiro atoms. The minimum Gasteiger partial charge on any atom is -0.349 e. The summed E-state index contributed by atoms with van der Waals surface area (Å²) in [6, 6.07) is 6.69. The van der Waals surface area contributed by atoms with Crippen molar-refractivity contribution in [2.24, 2.45) is 0 Å². The van der Waals surface area contributed by atoms with Crippen LogP contribution in [0.1, 0.15) is 29.6 Å². The maximum absolute atomic E-state index is 11.8. The van der Waals surface area contributed by atoms with E-state index in [4.69, 9.17) is 11.6 Å². The van der Waals surface area contributed by atoms with E-state index in [1.807, 2.05) is 0 Å². The number of anilines is 1. The van der Waals surface area contributed by atoms with Crippen LogP contribution in [0.25, 0.3) is 0 Å². The highest BCUT2D eigenvalue weighted by Gasteiger charge is 2.23. The number of halogens is 1. The van der Waals surface area contributed by atoms with Crippen molar-refractivity contribution >= 4 is 33.2 Å². The van der Waals surface area contributed by atoms with Crippen LogP contribution in [0.15, 0.2) is 24.3 Å². The van der Waals surface area contributed by atoms with Gasteiger partial charge in [0, 0.05) is 23.2 Å². The van der Waals surface area contributed by atoms with Gasteiger partial charge < -0.3 is 5.32 Å². The number of sulfonamides is 1. The van der Waals surface area contributed by atoms with Gasteiger partial charge in [-0.25, -0.2) is 8.42 Å². The molecular formula is C13H17ClN2O3S. The number of carbonyl (C=O) groups is 1. The lowest BCUT2D eigenvalue weighted by Crippen LogP contribution is -2.25. The molecule has 20 heavy (non-hydrogen) atoms. The Morgan fingerprint density at radius 2 is 1.90 bits per heavy atom. The summed E-state index contributed by atoms with van der Waals surface area (Å²) in [6.45, 7) is 0. The highest BCUT2D eigenvalue weighted by Crippen LogP contribution is 2.19. The third-order valence-electron chi connectivity index (χ3n) is 2.88. The molecule has 1 aromatic carbocycles. The van der Waals surface area contributed by atoms with Gasteiger partial charge in [-0.2, -0.15) is 0 Å². The van der Waals surface area contributed by atoms with Crippen LogP contribution in [0.3, 0.4) is 0 Å². The molecule has 2 N–H and O–H groups in total. The lowest BCUT2D eigenvalue weighted by molar-refractivity contribution is 0.0951. The number of carbonyl (C=O) groups excluding carboxylic acids is 1. The van der Waals surface area contributed by atoms with Crippen LogP contribution in [0, 0.1) is 0 Å². The third kappa shape index (κ3) is 4.68. The van der Waals surface area contributed by atoms with Crippen LogP contribution in [0.5, 0.6) is 0 Å². The number of hydrogen-bond acceptors (Lipinski definition) is 3. The molecule has 0 atom stereocenters. The van der Waals surface area contributed by atoms with Crippen LogP contribution in [0.4, 0.5) is 5.69 Å². The number of amides is 1. The molecule has 0 unspecified atom stereocenters. The smallest absolute Gasteiger partial charge is 0.251 e. The zero-order valence-electron chi connectivity index (χ0n) is 10.9. The van der Waals surface area contributed by atoms with E-state index >= 15 is 0 Å². The van der Waals surface area contributed by atoms with Crippen molar-refractivity contribution in [2.45, 2.75) is 25.3 Å². The first kappa shape index (κ1) is 15.1. The SMILES string of the molecule is O=C(NC1CC1)c1ccc(NS(=O)(=O)CCCCl)cc1. The molecule has 1 aliphatic rings. The first-order valence-corrected chi connectivity index (χ1v) is 8.66. The Balaban J connectivity index is 1.95. The maximum atomic E-state index is 11.8. The van der Waals surface area contributed by atoms with E-state index in [9.17, 15) is 13.2 Å². The molecule has 1 aromatic rings. The summed E-state index contributed by atoms with van der Waals surface area (Å²) in [5.41, 5.74) is 0.975. The third-order valence-corrected chi connectivity index (χ3v) is 4.52. The van der Waals surface area contributed by atoms with E-state index in [1.54, 1.807) is 24.3 Å². The first-order valence-electron chi connectivity index (χ1n) is 6.47. The van der Waals surface area contributed by atoms with Gasteiger partial charge in [0.2, 0.25) is 10.0 Å². The Morgan fingerprint density at radius 1 is 1.25 bits per heavy atom. The van der Waals surface area contributed by atoms with Gasteiger partial charge in [-0.3, -0.25) is 9.52 Å². The highest BCUT2D eigenvalue weighted by atomic mass is 35.5.